The summed E-state index contributed by atoms with van der Waals surface area (Å²) in [5.74, 6) is 0.902. The first kappa shape index (κ1) is 22.0. The molecule has 31 heavy (non-hydrogen) atoms. The summed E-state index contributed by atoms with van der Waals surface area (Å²) in [5.41, 5.74) is 5.46. The van der Waals surface area contributed by atoms with Gasteiger partial charge in [-0.05, 0) is 58.9 Å². The van der Waals surface area contributed by atoms with Gasteiger partial charge in [-0.2, -0.15) is 0 Å². The molecule has 4 rings (SSSR count). The molecule has 0 aliphatic heterocycles. The number of aryl methyl sites for hydroxylation is 2. The molecule has 0 unspecified atom stereocenters. The summed E-state index contributed by atoms with van der Waals surface area (Å²) >= 11 is 2.90. The molecule has 0 atom stereocenters. The number of nitrogens with zero attached hydrogens (tertiary/aromatic N) is 4. The Morgan fingerprint density at radius 1 is 1.26 bits per heavy atom. The molecule has 0 bridgehead atoms. The van der Waals surface area contributed by atoms with E-state index in [4.69, 9.17) is 4.42 Å². The van der Waals surface area contributed by atoms with Gasteiger partial charge in [0, 0.05) is 28.9 Å². The van der Waals surface area contributed by atoms with Gasteiger partial charge in [-0.15, -0.1) is 21.5 Å². The molecule has 6 nitrogen and oxygen atoms in total. The summed E-state index contributed by atoms with van der Waals surface area (Å²) in [6.07, 6.45) is 9.03. The van der Waals surface area contributed by atoms with Crippen LogP contribution in [-0.4, -0.2) is 31.3 Å². The first-order valence-corrected chi connectivity index (χ1v) is 12.6. The summed E-state index contributed by atoms with van der Waals surface area (Å²) in [5, 5.41) is 11.6. The Morgan fingerprint density at radius 2 is 2.13 bits per heavy atom. The van der Waals surface area contributed by atoms with Crippen LogP contribution in [0, 0.1) is 20.8 Å². The second kappa shape index (κ2) is 9.96. The number of Topliss-reactive ketones (excluding diaryl/α,β-unsaturated/α-hetero) is 1. The molecular weight excluding hydrogens is 428 g/mol. The molecule has 0 fully saturated rings. The molecule has 1 aliphatic carbocycles. The Bertz CT molecular complexity index is 1090. The quantitative estimate of drug-likeness (QED) is 0.233. The molecule has 3 aromatic rings. The molecule has 8 heteroatoms. The maximum atomic E-state index is 12.9. The summed E-state index contributed by atoms with van der Waals surface area (Å²) in [6.45, 7) is 7.03. The van der Waals surface area contributed by atoms with Gasteiger partial charge < -0.3 is 8.98 Å². The van der Waals surface area contributed by atoms with Crippen molar-refractivity contribution < 1.29 is 9.21 Å². The van der Waals surface area contributed by atoms with E-state index < -0.39 is 0 Å². The molecule has 3 heterocycles. The Morgan fingerprint density at radius 3 is 2.87 bits per heavy atom. The Kier molecular flexibility index (Phi) is 7.07. The van der Waals surface area contributed by atoms with Crippen molar-refractivity contribution >= 4 is 28.9 Å². The third kappa shape index (κ3) is 5.54. The lowest BCUT2D eigenvalue weighted by atomic mass is 9.97. The summed E-state index contributed by atoms with van der Waals surface area (Å²) in [4.78, 5) is 17.3. The van der Waals surface area contributed by atoms with E-state index in [0.717, 1.165) is 40.6 Å². The van der Waals surface area contributed by atoms with Crippen LogP contribution in [0.25, 0.3) is 0 Å². The Labute approximate surface area is 191 Å². The fraction of sp³-hybridized carbons (Fsp3) is 0.478. The highest BCUT2D eigenvalue weighted by atomic mass is 32.2. The van der Waals surface area contributed by atoms with E-state index in [1.54, 1.807) is 16.9 Å². The predicted octanol–water partition coefficient (Wildman–Crippen LogP) is 5.71. The van der Waals surface area contributed by atoms with Crippen LogP contribution in [0.15, 0.2) is 32.7 Å². The molecule has 0 saturated heterocycles. The SMILES string of the molecule is Cc1nc(Cc2nnc(SCC(=O)c3cc(C)n(CCC4=CCCCC4)c3C)o2)cs1. The van der Waals surface area contributed by atoms with E-state index in [1.807, 2.05) is 25.3 Å². The van der Waals surface area contributed by atoms with Crippen LogP contribution in [-0.2, 0) is 13.0 Å². The highest BCUT2D eigenvalue weighted by Gasteiger charge is 2.18. The molecule has 3 aromatic heterocycles. The van der Waals surface area contributed by atoms with Gasteiger partial charge in [0.25, 0.3) is 5.22 Å². The average molecular weight is 457 g/mol. The number of thiazole rings is 1. The maximum absolute atomic E-state index is 12.9. The molecular formula is C23H28N4O2S2. The lowest BCUT2D eigenvalue weighted by Crippen LogP contribution is -2.08. The van der Waals surface area contributed by atoms with E-state index >= 15 is 0 Å². The van der Waals surface area contributed by atoms with Gasteiger partial charge in [0.15, 0.2) is 5.78 Å². The third-order valence-electron chi connectivity index (χ3n) is 5.69. The van der Waals surface area contributed by atoms with Crippen molar-refractivity contribution in [2.75, 3.05) is 5.75 Å². The number of thioether (sulfide) groups is 1. The number of carbonyl (C=O) groups is 1. The molecule has 0 N–H and O–H groups in total. The molecule has 0 amide bonds. The minimum absolute atomic E-state index is 0.0936. The summed E-state index contributed by atoms with van der Waals surface area (Å²) in [6, 6.07) is 2.01. The number of ketones is 1. The maximum Gasteiger partial charge on any atom is 0.277 e. The lowest BCUT2D eigenvalue weighted by Gasteiger charge is -2.15. The lowest BCUT2D eigenvalue weighted by molar-refractivity contribution is 0.102. The normalized spacial score (nSPS) is 14.1. The minimum Gasteiger partial charge on any atom is -0.416 e. The molecule has 0 aromatic carbocycles. The van der Waals surface area contributed by atoms with Gasteiger partial charge in [-0.1, -0.05) is 23.4 Å². The number of hydrogen-bond acceptors (Lipinski definition) is 7. The van der Waals surface area contributed by atoms with Crippen molar-refractivity contribution in [3.8, 4) is 0 Å². The molecule has 0 spiro atoms. The van der Waals surface area contributed by atoms with E-state index in [1.165, 1.54) is 37.4 Å². The van der Waals surface area contributed by atoms with Crippen LogP contribution in [0.4, 0.5) is 0 Å². The largest absolute Gasteiger partial charge is 0.416 e. The van der Waals surface area contributed by atoms with E-state index in [9.17, 15) is 4.79 Å². The highest BCUT2D eigenvalue weighted by Crippen LogP contribution is 2.25. The second-order valence-corrected chi connectivity index (χ2v) is 9.99. The zero-order chi connectivity index (χ0) is 21.8. The third-order valence-corrected chi connectivity index (χ3v) is 7.33. The molecule has 1 aliphatic rings. The number of rotatable bonds is 9. The first-order chi connectivity index (χ1) is 15.0. The van der Waals surface area contributed by atoms with Crippen LogP contribution >= 0.6 is 23.1 Å². The first-order valence-electron chi connectivity index (χ1n) is 10.7. The van der Waals surface area contributed by atoms with Crippen LogP contribution in [0.3, 0.4) is 0 Å². The molecule has 164 valence electrons. The predicted molar refractivity (Wildman–Crippen MR) is 124 cm³/mol. The zero-order valence-electron chi connectivity index (χ0n) is 18.3. The smallest absolute Gasteiger partial charge is 0.277 e. The molecule has 0 radical (unpaired) electrons. The minimum atomic E-state index is 0.0936. The van der Waals surface area contributed by atoms with Gasteiger partial charge in [-0.25, -0.2) is 4.98 Å². The number of hydrogen-bond donors (Lipinski definition) is 0. The average Bonchev–Trinajstić information content (AvgIpc) is 3.46. The topological polar surface area (TPSA) is 73.8 Å². The van der Waals surface area contributed by atoms with Crippen molar-refractivity contribution in [1.82, 2.24) is 19.7 Å². The van der Waals surface area contributed by atoms with Gasteiger partial charge in [0.1, 0.15) is 0 Å². The number of carbonyl (C=O) groups excluding carboxylic acids is 1. The van der Waals surface area contributed by atoms with E-state index in [-0.39, 0.29) is 11.5 Å². The van der Waals surface area contributed by atoms with Crippen molar-refractivity contribution in [2.45, 2.75) is 71.1 Å². The van der Waals surface area contributed by atoms with Crippen molar-refractivity contribution in [3.05, 3.63) is 56.6 Å². The zero-order valence-corrected chi connectivity index (χ0v) is 19.9. The fourth-order valence-corrected chi connectivity index (χ4v) is 5.31. The Balaban J connectivity index is 1.34. The van der Waals surface area contributed by atoms with Gasteiger partial charge in [-0.3, -0.25) is 4.79 Å². The van der Waals surface area contributed by atoms with Gasteiger partial charge in [0.2, 0.25) is 5.89 Å². The number of allylic oxidation sites excluding steroid dienone is 2. The Hall–Kier alpha value is -2.19. The van der Waals surface area contributed by atoms with Gasteiger partial charge in [0.05, 0.1) is 22.9 Å². The van der Waals surface area contributed by atoms with Crippen molar-refractivity contribution in [1.29, 1.82) is 0 Å². The van der Waals surface area contributed by atoms with Crippen LogP contribution in [0.5, 0.6) is 0 Å². The van der Waals surface area contributed by atoms with E-state index in [2.05, 4.69) is 32.7 Å². The second-order valence-electron chi connectivity index (χ2n) is 8.00. The van der Waals surface area contributed by atoms with Crippen LogP contribution < -0.4 is 0 Å². The highest BCUT2D eigenvalue weighted by molar-refractivity contribution is 7.99. The number of aromatic nitrogens is 4. The van der Waals surface area contributed by atoms with E-state index in [0.29, 0.717) is 17.5 Å². The molecule has 0 saturated carbocycles. The standard InChI is InChI=1S/C23H28N4O2S2/c1-15-11-20(16(2)27(15)10-9-18-7-5-4-6-8-18)21(28)14-31-23-26-25-22(29-23)12-19-13-30-17(3)24-19/h7,11,13H,4-6,8-10,12,14H2,1-3H3. The van der Waals surface area contributed by atoms with Crippen LogP contribution in [0.1, 0.15) is 70.4 Å². The van der Waals surface area contributed by atoms with Crippen LogP contribution in [0.2, 0.25) is 0 Å². The van der Waals surface area contributed by atoms with Crippen molar-refractivity contribution in [3.63, 3.8) is 0 Å². The van der Waals surface area contributed by atoms with Crippen molar-refractivity contribution in [2.24, 2.45) is 0 Å². The monoisotopic (exact) mass is 456 g/mol. The van der Waals surface area contributed by atoms with Gasteiger partial charge >= 0.3 is 0 Å². The summed E-state index contributed by atoms with van der Waals surface area (Å²) in [7, 11) is 0. The fourth-order valence-electron chi connectivity index (χ4n) is 4.03. The summed E-state index contributed by atoms with van der Waals surface area (Å²) < 4.78 is 7.96.